The summed E-state index contributed by atoms with van der Waals surface area (Å²) in [6, 6.07) is 7.15. The molecule has 4 heterocycles. The third kappa shape index (κ3) is 3.45. The van der Waals surface area contributed by atoms with E-state index in [-0.39, 0.29) is 0 Å². The van der Waals surface area contributed by atoms with Crippen molar-refractivity contribution in [3.8, 4) is 6.07 Å². The van der Waals surface area contributed by atoms with Crippen LogP contribution < -0.4 is 15.5 Å². The zero-order valence-corrected chi connectivity index (χ0v) is 18.1. The maximum Gasteiger partial charge on any atom is 0.162 e. The van der Waals surface area contributed by atoms with Gasteiger partial charge in [-0.25, -0.2) is 4.98 Å². The molecule has 0 unspecified atom stereocenters. The molecule has 0 amide bonds. The fraction of sp³-hybridized carbons (Fsp3) is 0.364. The van der Waals surface area contributed by atoms with Crippen molar-refractivity contribution in [2.75, 3.05) is 23.3 Å². The van der Waals surface area contributed by atoms with Crippen LogP contribution in [-0.2, 0) is 0 Å². The van der Waals surface area contributed by atoms with Crippen LogP contribution in [-0.4, -0.2) is 49.7 Å². The Morgan fingerprint density at radius 1 is 1.13 bits per heavy atom. The van der Waals surface area contributed by atoms with E-state index in [1.807, 2.05) is 36.7 Å². The zero-order valence-electron chi connectivity index (χ0n) is 18.1. The van der Waals surface area contributed by atoms with Crippen molar-refractivity contribution in [2.24, 2.45) is 0 Å². The quantitative estimate of drug-likeness (QED) is 0.472. The highest BCUT2D eigenvalue weighted by atomic mass is 15.2. The Hall–Kier alpha value is -3.64. The average molecular weight is 416 g/mol. The Morgan fingerprint density at radius 2 is 1.90 bits per heavy atom. The zero-order chi connectivity index (χ0) is 21.7. The van der Waals surface area contributed by atoms with Crippen LogP contribution in [0.3, 0.4) is 0 Å². The molecule has 3 N–H and O–H groups in total. The number of hydrogen-bond donors (Lipinski definition) is 3. The standard InChI is InChI=1S/C22H25N9/c1-12-8-30(9-13(2)24-12)17-5-16(7-23)20-18(6-17)28-29-21(20)26-19-11-31-10-14(3)25-15(4)22(31)27-19/h5-6,10-13,24H,8-9H2,1-4H3,(H2,26,28,29)/t12-,13+. The third-order valence-electron chi connectivity index (χ3n) is 5.66. The molecule has 1 saturated heterocycles. The van der Waals surface area contributed by atoms with E-state index >= 15 is 0 Å². The number of piperazine rings is 1. The van der Waals surface area contributed by atoms with Crippen molar-refractivity contribution in [3.63, 3.8) is 0 Å². The molecular weight excluding hydrogens is 390 g/mol. The number of imidazole rings is 1. The lowest BCUT2D eigenvalue weighted by atomic mass is 10.1. The summed E-state index contributed by atoms with van der Waals surface area (Å²) in [6.07, 6.45) is 3.84. The van der Waals surface area contributed by atoms with Gasteiger partial charge in [-0.1, -0.05) is 0 Å². The topological polar surface area (TPSA) is 110 Å². The molecule has 5 rings (SSSR count). The summed E-state index contributed by atoms with van der Waals surface area (Å²) in [5.74, 6) is 1.24. The lowest BCUT2D eigenvalue weighted by Crippen LogP contribution is -2.54. The SMILES string of the molecule is Cc1cn2cc(Nc3n[nH]c4cc(N5C[C@@H](C)N[C@@H](C)C5)cc(C#N)c34)nc2c(C)n1. The number of aromatic amines is 1. The average Bonchev–Trinajstić information content (AvgIpc) is 3.31. The molecule has 1 aliphatic rings. The Morgan fingerprint density at radius 3 is 2.65 bits per heavy atom. The number of aromatic nitrogens is 5. The summed E-state index contributed by atoms with van der Waals surface area (Å²) >= 11 is 0. The van der Waals surface area contributed by atoms with Crippen molar-refractivity contribution in [2.45, 2.75) is 39.8 Å². The number of aryl methyl sites for hydroxylation is 2. The van der Waals surface area contributed by atoms with E-state index in [4.69, 9.17) is 0 Å². The predicted molar refractivity (Wildman–Crippen MR) is 121 cm³/mol. The number of benzene rings is 1. The molecular formula is C22H25N9. The number of rotatable bonds is 3. The van der Waals surface area contributed by atoms with Crippen LogP contribution in [0, 0.1) is 25.2 Å². The molecule has 0 spiro atoms. The van der Waals surface area contributed by atoms with Crippen LogP contribution >= 0.6 is 0 Å². The molecule has 1 aromatic carbocycles. The Kier molecular flexibility index (Phi) is 4.52. The fourth-order valence-electron chi connectivity index (χ4n) is 4.53. The van der Waals surface area contributed by atoms with Gasteiger partial charge in [-0.15, -0.1) is 0 Å². The first-order valence-electron chi connectivity index (χ1n) is 10.4. The number of H-pyrrole nitrogens is 1. The molecule has 9 nitrogen and oxygen atoms in total. The minimum atomic E-state index is 0.389. The van der Waals surface area contributed by atoms with Gasteiger partial charge in [0.05, 0.1) is 34.1 Å². The van der Waals surface area contributed by atoms with Crippen molar-refractivity contribution < 1.29 is 0 Å². The number of anilines is 3. The molecule has 0 radical (unpaired) electrons. The molecule has 0 bridgehead atoms. The summed E-state index contributed by atoms with van der Waals surface area (Å²) < 4.78 is 1.95. The van der Waals surface area contributed by atoms with E-state index in [2.05, 4.69) is 61.7 Å². The molecule has 0 aliphatic carbocycles. The highest BCUT2D eigenvalue weighted by Crippen LogP contribution is 2.32. The maximum atomic E-state index is 9.87. The summed E-state index contributed by atoms with van der Waals surface area (Å²) in [5, 5.41) is 25.0. The minimum absolute atomic E-state index is 0.389. The number of nitrogens with zero attached hydrogens (tertiary/aromatic N) is 6. The van der Waals surface area contributed by atoms with E-state index in [1.54, 1.807) is 0 Å². The summed E-state index contributed by atoms with van der Waals surface area (Å²) in [4.78, 5) is 11.4. The first-order chi connectivity index (χ1) is 14.9. The summed E-state index contributed by atoms with van der Waals surface area (Å²) in [5.41, 5.74) is 5.02. The summed E-state index contributed by atoms with van der Waals surface area (Å²) in [7, 11) is 0. The van der Waals surface area contributed by atoms with Gasteiger partial charge in [0.1, 0.15) is 6.07 Å². The molecule has 2 atom stereocenters. The number of nitriles is 1. The molecule has 1 aliphatic heterocycles. The minimum Gasteiger partial charge on any atom is -0.368 e. The van der Waals surface area contributed by atoms with Gasteiger partial charge in [-0.3, -0.25) is 10.1 Å². The van der Waals surface area contributed by atoms with Gasteiger partial charge in [0.15, 0.2) is 17.3 Å². The number of fused-ring (bicyclic) bond motifs is 2. The molecule has 0 saturated carbocycles. The van der Waals surface area contributed by atoms with Crippen LogP contribution in [0.15, 0.2) is 24.5 Å². The van der Waals surface area contributed by atoms with Crippen molar-refractivity contribution in [1.82, 2.24) is 29.9 Å². The van der Waals surface area contributed by atoms with E-state index in [9.17, 15) is 5.26 Å². The molecule has 4 aromatic rings. The molecule has 1 fully saturated rings. The lowest BCUT2D eigenvalue weighted by molar-refractivity contribution is 0.407. The van der Waals surface area contributed by atoms with Gasteiger partial charge in [0.2, 0.25) is 0 Å². The normalized spacial score (nSPS) is 19.1. The molecule has 158 valence electrons. The highest BCUT2D eigenvalue weighted by molar-refractivity contribution is 5.98. The van der Waals surface area contributed by atoms with Gasteiger partial charge < -0.3 is 19.9 Å². The van der Waals surface area contributed by atoms with E-state index in [1.165, 1.54) is 0 Å². The van der Waals surface area contributed by atoms with Crippen molar-refractivity contribution in [1.29, 1.82) is 5.26 Å². The Bertz CT molecular complexity index is 1320. The van der Waals surface area contributed by atoms with E-state index < -0.39 is 0 Å². The number of hydrogen-bond acceptors (Lipinski definition) is 7. The van der Waals surface area contributed by atoms with Gasteiger partial charge in [-0.2, -0.15) is 10.4 Å². The maximum absolute atomic E-state index is 9.87. The van der Waals surface area contributed by atoms with E-state index in [0.717, 1.165) is 46.7 Å². The van der Waals surface area contributed by atoms with Crippen LogP contribution in [0.2, 0.25) is 0 Å². The van der Waals surface area contributed by atoms with Crippen LogP contribution in [0.5, 0.6) is 0 Å². The Labute approximate surface area is 180 Å². The summed E-state index contributed by atoms with van der Waals surface area (Å²) in [6.45, 7) is 10.0. The van der Waals surface area contributed by atoms with Crippen LogP contribution in [0.4, 0.5) is 17.3 Å². The van der Waals surface area contributed by atoms with Crippen LogP contribution in [0.25, 0.3) is 16.6 Å². The Balaban J connectivity index is 1.52. The first kappa shape index (κ1) is 19.3. The van der Waals surface area contributed by atoms with Gasteiger partial charge in [0.25, 0.3) is 0 Å². The predicted octanol–water partition coefficient (Wildman–Crippen LogP) is 3.02. The largest absolute Gasteiger partial charge is 0.368 e. The first-order valence-corrected chi connectivity index (χ1v) is 10.4. The molecule has 3 aromatic heterocycles. The lowest BCUT2D eigenvalue weighted by Gasteiger charge is -2.37. The smallest absolute Gasteiger partial charge is 0.162 e. The van der Waals surface area contributed by atoms with Crippen molar-refractivity contribution in [3.05, 3.63) is 41.5 Å². The second-order valence-electron chi connectivity index (χ2n) is 8.42. The number of nitrogens with one attached hydrogen (secondary N) is 3. The van der Waals surface area contributed by atoms with Gasteiger partial charge in [-0.05, 0) is 39.8 Å². The van der Waals surface area contributed by atoms with Gasteiger partial charge >= 0.3 is 0 Å². The molecule has 9 heteroatoms. The second kappa shape index (κ2) is 7.25. The third-order valence-corrected chi connectivity index (χ3v) is 5.66. The fourth-order valence-corrected chi connectivity index (χ4v) is 4.53. The monoisotopic (exact) mass is 415 g/mol. The van der Waals surface area contributed by atoms with Crippen molar-refractivity contribution >= 4 is 33.9 Å². The van der Waals surface area contributed by atoms with Gasteiger partial charge in [0, 0.05) is 37.1 Å². The van der Waals surface area contributed by atoms with E-state index in [0.29, 0.717) is 29.3 Å². The highest BCUT2D eigenvalue weighted by Gasteiger charge is 2.23. The second-order valence-corrected chi connectivity index (χ2v) is 8.42. The molecule has 31 heavy (non-hydrogen) atoms. The van der Waals surface area contributed by atoms with Crippen LogP contribution in [0.1, 0.15) is 30.8 Å².